The van der Waals surface area contributed by atoms with Crippen LogP contribution in [0.25, 0.3) is 0 Å². The van der Waals surface area contributed by atoms with Crippen LogP contribution in [0.2, 0.25) is 5.02 Å². The predicted molar refractivity (Wildman–Crippen MR) is 95.8 cm³/mol. The van der Waals surface area contributed by atoms with Gasteiger partial charge >= 0.3 is 0 Å². The maximum atomic E-state index is 12.2. The molecule has 3 rings (SSSR count). The second kappa shape index (κ2) is 8.59. The van der Waals surface area contributed by atoms with Crippen molar-refractivity contribution in [1.82, 2.24) is 20.8 Å². The highest BCUT2D eigenvalue weighted by molar-refractivity contribution is 7.99. The first kappa shape index (κ1) is 18.1. The fraction of sp³-hybridized carbons (Fsp3) is 0.333. The van der Waals surface area contributed by atoms with Gasteiger partial charge in [0.15, 0.2) is 5.69 Å². The molecule has 1 amide bonds. The monoisotopic (exact) mass is 372 g/mol. The predicted octanol–water partition coefficient (Wildman–Crippen LogP) is 2.65. The molecule has 0 fully saturated rings. The summed E-state index contributed by atoms with van der Waals surface area (Å²) in [6, 6.07) is 7.69. The number of hydrogen-bond donors (Lipinski definition) is 3. The standard InChI is InChI=1S/C15H17ClN4OS.ClH/c16-10-1-3-11(4-2-10)22-8-7-18-15(21)14-12-9-17-6-5-13(12)19-20-14;/h1-4,17H,5-9H2,(H,18,21)(H,19,20);1H. The lowest BCUT2D eigenvalue weighted by Gasteiger charge is -2.12. The number of fused-ring (bicyclic) bond motifs is 1. The number of rotatable bonds is 5. The Hall–Kier alpha value is -1.21. The minimum absolute atomic E-state index is 0. The van der Waals surface area contributed by atoms with Gasteiger partial charge in [-0.3, -0.25) is 9.89 Å². The van der Waals surface area contributed by atoms with Crippen LogP contribution in [0.15, 0.2) is 29.2 Å². The summed E-state index contributed by atoms with van der Waals surface area (Å²) in [4.78, 5) is 13.3. The summed E-state index contributed by atoms with van der Waals surface area (Å²) in [7, 11) is 0. The molecule has 2 aromatic rings. The van der Waals surface area contributed by atoms with Gasteiger partial charge < -0.3 is 10.6 Å². The van der Waals surface area contributed by atoms with Crippen LogP contribution in [0.4, 0.5) is 0 Å². The van der Waals surface area contributed by atoms with Crippen molar-refractivity contribution >= 4 is 41.7 Å². The molecule has 1 aromatic carbocycles. The number of aromatic amines is 1. The minimum Gasteiger partial charge on any atom is -0.350 e. The second-order valence-electron chi connectivity index (χ2n) is 5.01. The average Bonchev–Trinajstić information content (AvgIpc) is 2.97. The van der Waals surface area contributed by atoms with Crippen LogP contribution in [-0.2, 0) is 13.0 Å². The normalized spacial score (nSPS) is 13.1. The molecule has 5 nitrogen and oxygen atoms in total. The summed E-state index contributed by atoms with van der Waals surface area (Å²) >= 11 is 7.53. The lowest BCUT2D eigenvalue weighted by atomic mass is 10.1. The smallest absolute Gasteiger partial charge is 0.272 e. The van der Waals surface area contributed by atoms with Crippen molar-refractivity contribution in [2.75, 3.05) is 18.8 Å². The van der Waals surface area contributed by atoms with E-state index in [4.69, 9.17) is 11.6 Å². The Morgan fingerprint density at radius 3 is 2.91 bits per heavy atom. The Morgan fingerprint density at radius 2 is 2.13 bits per heavy atom. The molecule has 8 heteroatoms. The molecule has 0 bridgehead atoms. The molecular weight excluding hydrogens is 355 g/mol. The molecule has 1 aliphatic rings. The highest BCUT2D eigenvalue weighted by atomic mass is 35.5. The minimum atomic E-state index is -0.113. The number of nitrogens with zero attached hydrogens (tertiary/aromatic N) is 1. The van der Waals surface area contributed by atoms with Crippen LogP contribution in [0, 0.1) is 0 Å². The number of carbonyl (C=O) groups excluding carboxylic acids is 1. The zero-order chi connectivity index (χ0) is 15.4. The molecule has 23 heavy (non-hydrogen) atoms. The Morgan fingerprint density at radius 1 is 1.35 bits per heavy atom. The molecular formula is C15H18Cl2N4OS. The van der Waals surface area contributed by atoms with Gasteiger partial charge in [0.1, 0.15) is 0 Å². The summed E-state index contributed by atoms with van der Waals surface area (Å²) in [6.45, 7) is 2.23. The Bertz CT molecular complexity index is 660. The van der Waals surface area contributed by atoms with Crippen molar-refractivity contribution in [1.29, 1.82) is 0 Å². The van der Waals surface area contributed by atoms with E-state index in [1.807, 2.05) is 24.3 Å². The quantitative estimate of drug-likeness (QED) is 0.557. The van der Waals surface area contributed by atoms with Gasteiger partial charge in [0.05, 0.1) is 0 Å². The van der Waals surface area contributed by atoms with Gasteiger partial charge in [0.25, 0.3) is 5.91 Å². The van der Waals surface area contributed by atoms with E-state index in [1.54, 1.807) is 11.8 Å². The van der Waals surface area contributed by atoms with Gasteiger partial charge in [-0.05, 0) is 24.3 Å². The van der Waals surface area contributed by atoms with Gasteiger partial charge in [-0.15, -0.1) is 24.2 Å². The molecule has 0 radical (unpaired) electrons. The van der Waals surface area contributed by atoms with E-state index in [0.29, 0.717) is 18.8 Å². The number of nitrogens with one attached hydrogen (secondary N) is 3. The number of aromatic nitrogens is 2. The number of hydrogen-bond acceptors (Lipinski definition) is 4. The highest BCUT2D eigenvalue weighted by Gasteiger charge is 2.20. The summed E-state index contributed by atoms with van der Waals surface area (Å²) < 4.78 is 0. The van der Waals surface area contributed by atoms with E-state index in [2.05, 4.69) is 20.8 Å². The number of thioether (sulfide) groups is 1. The third-order valence-corrected chi connectivity index (χ3v) is 4.76. The maximum Gasteiger partial charge on any atom is 0.272 e. The number of H-pyrrole nitrogens is 1. The van der Waals surface area contributed by atoms with Crippen LogP contribution in [0.1, 0.15) is 21.7 Å². The van der Waals surface area contributed by atoms with E-state index < -0.39 is 0 Å². The maximum absolute atomic E-state index is 12.2. The van der Waals surface area contributed by atoms with Crippen LogP contribution < -0.4 is 10.6 Å². The lowest BCUT2D eigenvalue weighted by molar-refractivity contribution is 0.0950. The van der Waals surface area contributed by atoms with Crippen molar-refractivity contribution in [3.63, 3.8) is 0 Å². The van der Waals surface area contributed by atoms with Gasteiger partial charge in [-0.1, -0.05) is 11.6 Å². The van der Waals surface area contributed by atoms with E-state index in [-0.39, 0.29) is 18.3 Å². The Kier molecular flexibility index (Phi) is 6.77. The van der Waals surface area contributed by atoms with Crippen LogP contribution in [0.3, 0.4) is 0 Å². The van der Waals surface area contributed by atoms with E-state index in [1.165, 1.54) is 0 Å². The van der Waals surface area contributed by atoms with Crippen molar-refractivity contribution in [3.8, 4) is 0 Å². The highest BCUT2D eigenvalue weighted by Crippen LogP contribution is 2.20. The largest absolute Gasteiger partial charge is 0.350 e. The third kappa shape index (κ3) is 4.64. The zero-order valence-corrected chi connectivity index (χ0v) is 14.8. The first-order valence-electron chi connectivity index (χ1n) is 7.17. The fourth-order valence-corrected chi connectivity index (χ4v) is 3.26. The fourth-order valence-electron chi connectivity index (χ4n) is 2.36. The van der Waals surface area contributed by atoms with Crippen molar-refractivity contribution in [2.45, 2.75) is 17.9 Å². The molecule has 124 valence electrons. The summed E-state index contributed by atoms with van der Waals surface area (Å²) in [6.07, 6.45) is 0.891. The van der Waals surface area contributed by atoms with Gasteiger partial charge in [0, 0.05) is 53.0 Å². The van der Waals surface area contributed by atoms with Gasteiger partial charge in [0.2, 0.25) is 0 Å². The third-order valence-electron chi connectivity index (χ3n) is 3.49. The zero-order valence-electron chi connectivity index (χ0n) is 12.4. The van der Waals surface area contributed by atoms with E-state index in [0.717, 1.165) is 39.9 Å². The first-order valence-corrected chi connectivity index (χ1v) is 8.54. The summed E-state index contributed by atoms with van der Waals surface area (Å²) in [5.41, 5.74) is 2.58. The molecule has 1 aliphatic heterocycles. The molecule has 3 N–H and O–H groups in total. The van der Waals surface area contributed by atoms with Gasteiger partial charge in [-0.25, -0.2) is 0 Å². The van der Waals surface area contributed by atoms with Crippen LogP contribution >= 0.6 is 35.8 Å². The van der Waals surface area contributed by atoms with Crippen molar-refractivity contribution in [3.05, 3.63) is 46.2 Å². The Labute approximate surface area is 150 Å². The number of benzene rings is 1. The van der Waals surface area contributed by atoms with E-state index in [9.17, 15) is 4.79 Å². The Balaban J connectivity index is 0.00000192. The molecule has 2 heterocycles. The molecule has 1 aromatic heterocycles. The average molecular weight is 373 g/mol. The molecule has 0 unspecified atom stereocenters. The molecule has 0 saturated carbocycles. The molecule has 0 saturated heterocycles. The topological polar surface area (TPSA) is 69.8 Å². The lowest BCUT2D eigenvalue weighted by Crippen LogP contribution is -2.29. The number of amides is 1. The molecule has 0 aliphatic carbocycles. The van der Waals surface area contributed by atoms with Gasteiger partial charge in [-0.2, -0.15) is 5.10 Å². The van der Waals surface area contributed by atoms with Crippen molar-refractivity contribution < 1.29 is 4.79 Å². The van der Waals surface area contributed by atoms with Crippen LogP contribution in [0.5, 0.6) is 0 Å². The number of halogens is 2. The first-order chi connectivity index (χ1) is 10.7. The van der Waals surface area contributed by atoms with Crippen molar-refractivity contribution in [2.24, 2.45) is 0 Å². The van der Waals surface area contributed by atoms with E-state index >= 15 is 0 Å². The summed E-state index contributed by atoms with van der Waals surface area (Å²) in [5.74, 6) is 0.691. The van der Waals surface area contributed by atoms with Crippen LogP contribution in [-0.4, -0.2) is 34.9 Å². The molecule has 0 spiro atoms. The number of carbonyl (C=O) groups is 1. The second-order valence-corrected chi connectivity index (χ2v) is 6.62. The summed E-state index contributed by atoms with van der Waals surface area (Å²) in [5, 5.41) is 14.0. The molecule has 0 atom stereocenters. The SMILES string of the molecule is Cl.O=C(NCCSc1ccc(Cl)cc1)c1n[nH]c2c1CNCC2.